The van der Waals surface area contributed by atoms with Crippen LogP contribution in [0.3, 0.4) is 0 Å². The first-order valence-corrected chi connectivity index (χ1v) is 18.7. The number of nitrogens with zero attached hydrogens (tertiary/aromatic N) is 1. The average Bonchev–Trinajstić information content (AvgIpc) is 3.84. The number of para-hydroxylation sites is 3. The summed E-state index contributed by atoms with van der Waals surface area (Å²) in [5.41, 5.74) is 13.8. The second-order valence-corrected chi connectivity index (χ2v) is 14.1. The van der Waals surface area contributed by atoms with Gasteiger partial charge in [0.05, 0.1) is 0 Å². The molecule has 3 nitrogen and oxygen atoms in total. The molecule has 0 spiro atoms. The quantitative estimate of drug-likeness (QED) is 0.173. The summed E-state index contributed by atoms with van der Waals surface area (Å²) < 4.78 is 12.6. The maximum absolute atomic E-state index is 6.40. The molecule has 9 aromatic carbocycles. The molecule has 0 atom stereocenters. The Bertz CT molecular complexity index is 3190. The predicted octanol–water partition coefficient (Wildman–Crippen LogP) is 15.1. The fraction of sp³-hybridized carbons (Fsp3) is 0. The van der Waals surface area contributed by atoms with Crippen LogP contribution in [0.15, 0.2) is 209 Å². The third-order valence-corrected chi connectivity index (χ3v) is 10.9. The Morgan fingerprint density at radius 1 is 0.309 bits per heavy atom. The highest BCUT2D eigenvalue weighted by molar-refractivity contribution is 6.19. The summed E-state index contributed by atoms with van der Waals surface area (Å²) in [6.07, 6.45) is 0. The molecule has 2 aromatic heterocycles. The molecule has 258 valence electrons. The maximum Gasteiger partial charge on any atom is 0.143 e. The summed E-state index contributed by atoms with van der Waals surface area (Å²) in [4.78, 5) is 2.34. The molecular weight excluding hydrogens is 671 g/mol. The summed E-state index contributed by atoms with van der Waals surface area (Å²) in [6.45, 7) is 0. The standard InChI is InChI=1S/C52H33NO2/c1-2-10-34(11-3-1)37-12-8-13-42(33-37)53(41-28-22-36(23-29-41)44-16-9-17-46-45-14-4-6-18-48(45)55-52(44)46)40-26-20-35(21-27-40)38-24-30-43-39(32-38)25-31-50-51(43)47-15-5-7-19-49(47)54-50/h1-33H. The molecule has 0 amide bonds. The Morgan fingerprint density at radius 2 is 0.909 bits per heavy atom. The Labute approximate surface area is 317 Å². The van der Waals surface area contributed by atoms with Gasteiger partial charge in [0.2, 0.25) is 0 Å². The van der Waals surface area contributed by atoms with Crippen LogP contribution in [-0.4, -0.2) is 0 Å². The summed E-state index contributed by atoms with van der Waals surface area (Å²) in [5, 5.41) is 6.98. The maximum atomic E-state index is 6.40. The van der Waals surface area contributed by atoms with Crippen molar-refractivity contribution in [3.05, 3.63) is 200 Å². The van der Waals surface area contributed by atoms with E-state index in [2.05, 4.69) is 181 Å². The fourth-order valence-electron chi connectivity index (χ4n) is 8.20. The molecule has 0 aliphatic rings. The van der Waals surface area contributed by atoms with Gasteiger partial charge in [0.25, 0.3) is 0 Å². The van der Waals surface area contributed by atoms with Crippen molar-refractivity contribution in [1.82, 2.24) is 0 Å². The molecule has 0 saturated carbocycles. The molecule has 0 bridgehead atoms. The van der Waals surface area contributed by atoms with E-state index < -0.39 is 0 Å². The van der Waals surface area contributed by atoms with E-state index in [1.165, 1.54) is 32.8 Å². The van der Waals surface area contributed by atoms with Gasteiger partial charge < -0.3 is 13.7 Å². The minimum absolute atomic E-state index is 0.905. The van der Waals surface area contributed by atoms with Gasteiger partial charge in [0.1, 0.15) is 22.3 Å². The highest BCUT2D eigenvalue weighted by Gasteiger charge is 2.17. The molecule has 3 heteroatoms. The largest absolute Gasteiger partial charge is 0.456 e. The fourth-order valence-corrected chi connectivity index (χ4v) is 8.20. The van der Waals surface area contributed by atoms with Crippen LogP contribution >= 0.6 is 0 Å². The number of hydrogen-bond donors (Lipinski definition) is 0. The van der Waals surface area contributed by atoms with Gasteiger partial charge in [0.15, 0.2) is 0 Å². The van der Waals surface area contributed by atoms with Gasteiger partial charge in [-0.15, -0.1) is 0 Å². The molecule has 0 N–H and O–H groups in total. The number of furan rings is 2. The first-order valence-electron chi connectivity index (χ1n) is 18.7. The van der Waals surface area contributed by atoms with E-state index in [-0.39, 0.29) is 0 Å². The van der Waals surface area contributed by atoms with Crippen molar-refractivity contribution < 1.29 is 8.83 Å². The first-order chi connectivity index (χ1) is 27.2. The minimum Gasteiger partial charge on any atom is -0.456 e. The molecule has 0 aliphatic carbocycles. The van der Waals surface area contributed by atoms with Crippen LogP contribution in [-0.2, 0) is 0 Å². The van der Waals surface area contributed by atoms with E-state index in [4.69, 9.17) is 8.83 Å². The van der Waals surface area contributed by atoms with Crippen LogP contribution < -0.4 is 4.90 Å². The number of fused-ring (bicyclic) bond motifs is 8. The zero-order chi connectivity index (χ0) is 36.3. The Hall–Kier alpha value is -7.36. The van der Waals surface area contributed by atoms with Crippen LogP contribution in [0.5, 0.6) is 0 Å². The summed E-state index contributed by atoms with van der Waals surface area (Å²) in [7, 11) is 0. The molecule has 0 radical (unpaired) electrons. The van der Waals surface area contributed by atoms with Gasteiger partial charge in [-0.3, -0.25) is 0 Å². The van der Waals surface area contributed by atoms with Crippen molar-refractivity contribution in [2.45, 2.75) is 0 Å². The zero-order valence-electron chi connectivity index (χ0n) is 29.8. The lowest BCUT2D eigenvalue weighted by Gasteiger charge is -2.26. The molecule has 11 aromatic rings. The summed E-state index contributed by atoms with van der Waals surface area (Å²) in [6, 6.07) is 71.0. The van der Waals surface area contributed by atoms with Crippen LogP contribution in [0.2, 0.25) is 0 Å². The van der Waals surface area contributed by atoms with Gasteiger partial charge in [-0.25, -0.2) is 0 Å². The second-order valence-electron chi connectivity index (χ2n) is 14.1. The Morgan fingerprint density at radius 3 is 1.71 bits per heavy atom. The van der Waals surface area contributed by atoms with Crippen molar-refractivity contribution in [2.75, 3.05) is 4.90 Å². The normalized spacial score (nSPS) is 11.6. The van der Waals surface area contributed by atoms with Gasteiger partial charge in [-0.05, 0) is 99.3 Å². The van der Waals surface area contributed by atoms with Gasteiger partial charge >= 0.3 is 0 Å². The lowest BCUT2D eigenvalue weighted by Crippen LogP contribution is -2.10. The Balaban J connectivity index is 0.989. The molecular formula is C52H33NO2. The van der Waals surface area contributed by atoms with Crippen molar-refractivity contribution in [3.63, 3.8) is 0 Å². The lowest BCUT2D eigenvalue weighted by atomic mass is 9.98. The smallest absolute Gasteiger partial charge is 0.143 e. The summed E-state index contributed by atoms with van der Waals surface area (Å²) in [5.74, 6) is 0. The number of benzene rings is 9. The zero-order valence-corrected chi connectivity index (χ0v) is 29.8. The molecule has 2 heterocycles. The highest BCUT2D eigenvalue weighted by atomic mass is 16.3. The number of hydrogen-bond acceptors (Lipinski definition) is 3. The van der Waals surface area contributed by atoms with Gasteiger partial charge in [-0.2, -0.15) is 0 Å². The molecule has 0 saturated heterocycles. The van der Waals surface area contributed by atoms with E-state index in [1.54, 1.807) is 0 Å². The average molecular weight is 704 g/mol. The van der Waals surface area contributed by atoms with Crippen LogP contribution in [0.1, 0.15) is 0 Å². The SMILES string of the molecule is c1ccc(-c2cccc(N(c3ccc(-c4ccc5c(ccc6oc7ccccc7c65)c4)cc3)c3ccc(-c4cccc5c4oc4ccccc45)cc3)c2)cc1. The topological polar surface area (TPSA) is 29.5 Å². The third kappa shape index (κ3) is 5.28. The highest BCUT2D eigenvalue weighted by Crippen LogP contribution is 2.41. The molecule has 55 heavy (non-hydrogen) atoms. The van der Waals surface area contributed by atoms with E-state index in [9.17, 15) is 0 Å². The molecule has 0 unspecified atom stereocenters. The molecule has 0 fully saturated rings. The first kappa shape index (κ1) is 31.2. The van der Waals surface area contributed by atoms with Crippen LogP contribution in [0.25, 0.3) is 88.0 Å². The minimum atomic E-state index is 0.905. The van der Waals surface area contributed by atoms with Crippen molar-refractivity contribution in [3.8, 4) is 33.4 Å². The van der Waals surface area contributed by atoms with Crippen LogP contribution in [0, 0.1) is 0 Å². The van der Waals surface area contributed by atoms with Gasteiger partial charge in [0, 0.05) is 44.2 Å². The van der Waals surface area contributed by atoms with E-state index in [0.29, 0.717) is 0 Å². The lowest BCUT2D eigenvalue weighted by molar-refractivity contribution is 0.669. The van der Waals surface area contributed by atoms with E-state index in [0.717, 1.165) is 72.2 Å². The van der Waals surface area contributed by atoms with Crippen molar-refractivity contribution in [1.29, 1.82) is 0 Å². The molecule has 11 rings (SSSR count). The number of anilines is 3. The van der Waals surface area contributed by atoms with Crippen molar-refractivity contribution >= 4 is 71.7 Å². The second kappa shape index (κ2) is 12.6. The summed E-state index contributed by atoms with van der Waals surface area (Å²) >= 11 is 0. The predicted molar refractivity (Wildman–Crippen MR) is 229 cm³/mol. The third-order valence-electron chi connectivity index (χ3n) is 10.9. The van der Waals surface area contributed by atoms with Crippen LogP contribution in [0.4, 0.5) is 17.1 Å². The van der Waals surface area contributed by atoms with E-state index in [1.807, 2.05) is 24.3 Å². The monoisotopic (exact) mass is 703 g/mol. The van der Waals surface area contributed by atoms with E-state index >= 15 is 0 Å². The molecule has 0 aliphatic heterocycles. The van der Waals surface area contributed by atoms with Crippen molar-refractivity contribution in [2.24, 2.45) is 0 Å². The van der Waals surface area contributed by atoms with Gasteiger partial charge in [-0.1, -0.05) is 140 Å². The Kier molecular flexibility index (Phi) is 7.17. The number of rotatable bonds is 6.